The van der Waals surface area contributed by atoms with Crippen molar-refractivity contribution in [3.8, 4) is 0 Å². The zero-order valence-electron chi connectivity index (χ0n) is 9.40. The van der Waals surface area contributed by atoms with E-state index in [1.165, 1.54) is 4.88 Å². The molecule has 2 atom stereocenters. The van der Waals surface area contributed by atoms with Gasteiger partial charge >= 0.3 is 0 Å². The third-order valence-corrected chi connectivity index (χ3v) is 3.59. The lowest BCUT2D eigenvalue weighted by atomic mass is 10.0. The summed E-state index contributed by atoms with van der Waals surface area (Å²) in [6, 6.07) is 4.48. The maximum absolute atomic E-state index is 5.54. The molecule has 1 aromatic heterocycles. The molecule has 86 valence electrons. The van der Waals surface area contributed by atoms with E-state index in [0.717, 1.165) is 19.3 Å². The third-order valence-electron chi connectivity index (χ3n) is 2.65. The van der Waals surface area contributed by atoms with E-state index in [1.807, 2.05) is 0 Å². The molecular weight excluding hydrogens is 208 g/mol. The lowest BCUT2D eigenvalue weighted by Gasteiger charge is -2.24. The van der Waals surface area contributed by atoms with Crippen LogP contribution in [0, 0.1) is 0 Å². The topological polar surface area (TPSA) is 47.3 Å². The Hall–Kier alpha value is -0.420. The molecule has 0 aromatic carbocycles. The largest absolute Gasteiger partial charge is 0.380 e. The number of aryl methyl sites for hydroxylation is 1. The monoisotopic (exact) mass is 228 g/mol. The van der Waals surface area contributed by atoms with Gasteiger partial charge in [-0.3, -0.25) is 11.3 Å². The first-order valence-corrected chi connectivity index (χ1v) is 6.21. The highest BCUT2D eigenvalue weighted by Crippen LogP contribution is 2.14. The van der Waals surface area contributed by atoms with Gasteiger partial charge in [-0.05, 0) is 30.7 Å². The Morgan fingerprint density at radius 2 is 2.40 bits per heavy atom. The average molecular weight is 228 g/mol. The Kier molecular flexibility index (Phi) is 5.86. The summed E-state index contributed by atoms with van der Waals surface area (Å²) in [6.07, 6.45) is 3.26. The highest BCUT2D eigenvalue weighted by molar-refractivity contribution is 7.09. The fourth-order valence-electron chi connectivity index (χ4n) is 1.74. The van der Waals surface area contributed by atoms with Gasteiger partial charge in [0.2, 0.25) is 0 Å². The Labute approximate surface area is 95.6 Å². The van der Waals surface area contributed by atoms with Crippen LogP contribution in [0.15, 0.2) is 17.5 Å². The number of hydrogen-bond donors (Lipinski definition) is 2. The average Bonchev–Trinajstić information content (AvgIpc) is 2.77. The van der Waals surface area contributed by atoms with E-state index in [9.17, 15) is 0 Å². The molecule has 0 radical (unpaired) electrons. The number of rotatable bonds is 7. The highest BCUT2D eigenvalue weighted by Gasteiger charge is 2.17. The standard InChI is InChI=1S/C11H20N2OS/c1-3-11(14-2)10(13-12)7-6-9-5-4-8-15-9/h4-5,8,10-11,13H,3,6-7,12H2,1-2H3. The Morgan fingerprint density at radius 3 is 2.87 bits per heavy atom. The molecule has 15 heavy (non-hydrogen) atoms. The van der Waals surface area contributed by atoms with Gasteiger partial charge in [0.25, 0.3) is 0 Å². The fraction of sp³-hybridized carbons (Fsp3) is 0.636. The Morgan fingerprint density at radius 1 is 1.60 bits per heavy atom. The lowest BCUT2D eigenvalue weighted by molar-refractivity contribution is 0.0627. The molecule has 0 aliphatic carbocycles. The second kappa shape index (κ2) is 6.95. The molecular formula is C11H20N2OS. The maximum atomic E-state index is 5.54. The predicted molar refractivity (Wildman–Crippen MR) is 64.8 cm³/mol. The molecule has 1 heterocycles. The quantitative estimate of drug-likeness (QED) is 0.554. The third kappa shape index (κ3) is 3.91. The van der Waals surface area contributed by atoms with Crippen LogP contribution in [-0.4, -0.2) is 19.3 Å². The molecule has 0 saturated heterocycles. The van der Waals surface area contributed by atoms with Crippen molar-refractivity contribution < 1.29 is 4.74 Å². The van der Waals surface area contributed by atoms with Crippen molar-refractivity contribution in [1.29, 1.82) is 0 Å². The molecule has 3 nitrogen and oxygen atoms in total. The maximum Gasteiger partial charge on any atom is 0.0735 e. The lowest BCUT2D eigenvalue weighted by Crippen LogP contribution is -2.44. The summed E-state index contributed by atoms with van der Waals surface area (Å²) in [4.78, 5) is 1.40. The molecule has 0 fully saturated rings. The molecule has 0 aliphatic heterocycles. The van der Waals surface area contributed by atoms with E-state index in [2.05, 4.69) is 29.9 Å². The zero-order chi connectivity index (χ0) is 11.1. The predicted octanol–water partition coefficient (Wildman–Crippen LogP) is 1.94. The SMILES string of the molecule is CCC(OC)C(CCc1cccs1)NN. The molecule has 3 N–H and O–H groups in total. The van der Waals surface area contributed by atoms with Crippen LogP contribution < -0.4 is 11.3 Å². The van der Waals surface area contributed by atoms with Crippen LogP contribution in [0.5, 0.6) is 0 Å². The van der Waals surface area contributed by atoms with Crippen LogP contribution >= 0.6 is 11.3 Å². The molecule has 0 aliphatic rings. The summed E-state index contributed by atoms with van der Waals surface area (Å²) in [6.45, 7) is 2.11. The van der Waals surface area contributed by atoms with Crippen LogP contribution in [0.4, 0.5) is 0 Å². The second-order valence-electron chi connectivity index (χ2n) is 3.57. The number of hydrazine groups is 1. The van der Waals surface area contributed by atoms with Crippen LogP contribution in [0.2, 0.25) is 0 Å². The van der Waals surface area contributed by atoms with E-state index < -0.39 is 0 Å². The van der Waals surface area contributed by atoms with Crippen molar-refractivity contribution in [3.05, 3.63) is 22.4 Å². The van der Waals surface area contributed by atoms with Gasteiger partial charge in [-0.2, -0.15) is 0 Å². The number of nitrogens with one attached hydrogen (secondary N) is 1. The van der Waals surface area contributed by atoms with Gasteiger partial charge in [-0.1, -0.05) is 13.0 Å². The van der Waals surface area contributed by atoms with Crippen molar-refractivity contribution >= 4 is 11.3 Å². The van der Waals surface area contributed by atoms with Gasteiger partial charge in [0.1, 0.15) is 0 Å². The van der Waals surface area contributed by atoms with Crippen LogP contribution in [-0.2, 0) is 11.2 Å². The minimum atomic E-state index is 0.204. The van der Waals surface area contributed by atoms with Gasteiger partial charge in [0, 0.05) is 18.0 Å². The van der Waals surface area contributed by atoms with Gasteiger partial charge in [0.05, 0.1) is 6.10 Å². The van der Waals surface area contributed by atoms with E-state index in [1.54, 1.807) is 18.4 Å². The van der Waals surface area contributed by atoms with Crippen molar-refractivity contribution in [2.45, 2.75) is 38.3 Å². The van der Waals surface area contributed by atoms with E-state index in [-0.39, 0.29) is 12.1 Å². The number of ether oxygens (including phenoxy) is 1. The van der Waals surface area contributed by atoms with Gasteiger partial charge in [0.15, 0.2) is 0 Å². The van der Waals surface area contributed by atoms with E-state index in [4.69, 9.17) is 10.6 Å². The summed E-state index contributed by atoms with van der Waals surface area (Å²) in [5.74, 6) is 5.54. The first-order chi connectivity index (χ1) is 7.31. The normalized spacial score (nSPS) is 15.1. The summed E-state index contributed by atoms with van der Waals surface area (Å²) >= 11 is 1.79. The first-order valence-electron chi connectivity index (χ1n) is 5.33. The summed E-state index contributed by atoms with van der Waals surface area (Å²) in [5.41, 5.74) is 2.85. The number of thiophene rings is 1. The Balaban J connectivity index is 2.39. The van der Waals surface area contributed by atoms with Crippen LogP contribution in [0.3, 0.4) is 0 Å². The molecule has 0 bridgehead atoms. The van der Waals surface area contributed by atoms with Gasteiger partial charge in [-0.25, -0.2) is 0 Å². The van der Waals surface area contributed by atoms with Crippen LogP contribution in [0.25, 0.3) is 0 Å². The molecule has 0 amide bonds. The molecule has 2 unspecified atom stereocenters. The molecule has 4 heteroatoms. The summed E-state index contributed by atoms with van der Waals surface area (Å²) in [5, 5.41) is 2.10. The second-order valence-corrected chi connectivity index (χ2v) is 4.61. The minimum Gasteiger partial charge on any atom is -0.380 e. The summed E-state index contributed by atoms with van der Waals surface area (Å²) in [7, 11) is 1.74. The fourth-order valence-corrected chi connectivity index (χ4v) is 2.47. The van der Waals surface area contributed by atoms with Crippen molar-refractivity contribution in [3.63, 3.8) is 0 Å². The van der Waals surface area contributed by atoms with Crippen molar-refractivity contribution in [1.82, 2.24) is 5.43 Å². The Bertz CT molecular complexity index is 247. The molecule has 1 rings (SSSR count). The highest BCUT2D eigenvalue weighted by atomic mass is 32.1. The number of nitrogens with two attached hydrogens (primary N) is 1. The zero-order valence-corrected chi connectivity index (χ0v) is 10.2. The number of hydrogen-bond acceptors (Lipinski definition) is 4. The molecule has 0 saturated carbocycles. The first kappa shape index (κ1) is 12.6. The summed E-state index contributed by atoms with van der Waals surface area (Å²) < 4.78 is 5.38. The van der Waals surface area contributed by atoms with Gasteiger partial charge < -0.3 is 4.74 Å². The van der Waals surface area contributed by atoms with Crippen molar-refractivity contribution in [2.75, 3.05) is 7.11 Å². The van der Waals surface area contributed by atoms with Crippen LogP contribution in [0.1, 0.15) is 24.6 Å². The molecule has 1 aromatic rings. The van der Waals surface area contributed by atoms with Gasteiger partial charge in [-0.15, -0.1) is 11.3 Å². The smallest absolute Gasteiger partial charge is 0.0735 e. The van der Waals surface area contributed by atoms with E-state index >= 15 is 0 Å². The van der Waals surface area contributed by atoms with E-state index in [0.29, 0.717) is 0 Å². The minimum absolute atomic E-state index is 0.204. The van der Waals surface area contributed by atoms with Crippen molar-refractivity contribution in [2.24, 2.45) is 5.84 Å². The number of methoxy groups -OCH3 is 1. The molecule has 0 spiro atoms.